The van der Waals surface area contributed by atoms with Gasteiger partial charge in [0.15, 0.2) is 0 Å². The number of ether oxygens (including phenoxy) is 1. The zero-order chi connectivity index (χ0) is 14.9. The van der Waals surface area contributed by atoms with Gasteiger partial charge in [0.2, 0.25) is 0 Å². The summed E-state index contributed by atoms with van der Waals surface area (Å²) in [4.78, 5) is 4.32. The third-order valence-electron chi connectivity index (χ3n) is 4.62. The average molecular weight is 282 g/mol. The van der Waals surface area contributed by atoms with E-state index in [1.54, 1.807) is 6.20 Å². The Morgan fingerprint density at radius 3 is 2.76 bits per heavy atom. The summed E-state index contributed by atoms with van der Waals surface area (Å²) in [5.74, 6) is 1.51. The zero-order valence-electron chi connectivity index (χ0n) is 12.9. The molecular weight excluding hydrogens is 260 g/mol. The molecule has 0 radical (unpaired) electrons. The Balaban J connectivity index is 1.77. The van der Waals surface area contributed by atoms with Gasteiger partial charge in [-0.05, 0) is 43.5 Å². The van der Waals surface area contributed by atoms with Crippen LogP contribution in [0.5, 0.6) is 5.75 Å². The summed E-state index contributed by atoms with van der Waals surface area (Å²) in [7, 11) is 2.01. The van der Waals surface area contributed by atoms with E-state index in [1.165, 1.54) is 17.5 Å². The van der Waals surface area contributed by atoms with Gasteiger partial charge in [0.1, 0.15) is 12.4 Å². The fraction of sp³-hybridized carbons (Fsp3) is 0.389. The van der Waals surface area contributed by atoms with E-state index >= 15 is 0 Å². The molecule has 1 aromatic carbocycles. The fourth-order valence-corrected chi connectivity index (χ4v) is 2.86. The Morgan fingerprint density at radius 1 is 1.33 bits per heavy atom. The highest BCUT2D eigenvalue weighted by Gasteiger charge is 2.50. The van der Waals surface area contributed by atoms with E-state index in [-0.39, 0.29) is 5.54 Å². The van der Waals surface area contributed by atoms with Crippen LogP contribution in [0.3, 0.4) is 0 Å². The first-order chi connectivity index (χ1) is 10.1. The van der Waals surface area contributed by atoms with E-state index in [1.807, 2.05) is 13.2 Å². The Labute approximate surface area is 126 Å². The molecule has 1 aliphatic rings. The highest BCUT2D eigenvalue weighted by atomic mass is 16.5. The molecule has 0 aliphatic heterocycles. The van der Waals surface area contributed by atoms with Crippen molar-refractivity contribution in [3.05, 3.63) is 48.3 Å². The van der Waals surface area contributed by atoms with Crippen LogP contribution in [0.2, 0.25) is 0 Å². The average Bonchev–Trinajstić information content (AvgIpc) is 3.17. The monoisotopic (exact) mass is 282 g/mol. The molecule has 3 rings (SSSR count). The summed E-state index contributed by atoms with van der Waals surface area (Å²) in [5, 5.41) is 3.38. The van der Waals surface area contributed by atoms with E-state index in [0.29, 0.717) is 12.5 Å². The van der Waals surface area contributed by atoms with Gasteiger partial charge in [0, 0.05) is 11.8 Å². The maximum absolute atomic E-state index is 5.97. The molecule has 2 aromatic rings. The smallest absolute Gasteiger partial charge is 0.138 e. The number of likely N-dealkylation sites (N-methyl/N-ethyl adjacent to an activating group) is 1. The van der Waals surface area contributed by atoms with Crippen LogP contribution in [0.15, 0.2) is 42.7 Å². The van der Waals surface area contributed by atoms with Gasteiger partial charge in [-0.25, -0.2) is 0 Å². The summed E-state index contributed by atoms with van der Waals surface area (Å²) in [6.07, 6.45) is 4.86. The van der Waals surface area contributed by atoms with Gasteiger partial charge < -0.3 is 10.1 Å². The van der Waals surface area contributed by atoms with Crippen molar-refractivity contribution < 1.29 is 4.74 Å². The van der Waals surface area contributed by atoms with Crippen LogP contribution in [0, 0.1) is 12.8 Å². The number of hydrogen-bond acceptors (Lipinski definition) is 3. The number of rotatable bonds is 5. The van der Waals surface area contributed by atoms with Gasteiger partial charge >= 0.3 is 0 Å². The Bertz CT molecular complexity index is 637. The number of aromatic nitrogens is 1. The van der Waals surface area contributed by atoms with E-state index in [0.717, 1.165) is 11.3 Å². The number of hydrogen-bond donors (Lipinski definition) is 1. The van der Waals surface area contributed by atoms with Crippen LogP contribution in [-0.2, 0) is 0 Å². The Morgan fingerprint density at radius 2 is 2.10 bits per heavy atom. The first-order valence-electron chi connectivity index (χ1n) is 7.47. The zero-order valence-corrected chi connectivity index (χ0v) is 12.9. The van der Waals surface area contributed by atoms with Crippen molar-refractivity contribution in [3.8, 4) is 16.9 Å². The highest BCUT2D eigenvalue weighted by Crippen LogP contribution is 2.42. The van der Waals surface area contributed by atoms with Crippen LogP contribution in [0.25, 0.3) is 11.1 Å². The summed E-state index contributed by atoms with van der Waals surface area (Å²) in [6.45, 7) is 5.07. The van der Waals surface area contributed by atoms with Crippen molar-refractivity contribution >= 4 is 0 Å². The van der Waals surface area contributed by atoms with Gasteiger partial charge in [-0.15, -0.1) is 0 Å². The molecule has 2 unspecified atom stereocenters. The number of nitrogens with zero attached hydrogens (tertiary/aromatic N) is 1. The number of nitrogens with one attached hydrogen (secondary N) is 1. The normalized spacial score (nSPS) is 23.9. The minimum atomic E-state index is 0.151. The largest absolute Gasteiger partial charge is 0.490 e. The number of benzene rings is 1. The highest BCUT2D eigenvalue weighted by molar-refractivity contribution is 5.67. The molecule has 1 fully saturated rings. The predicted molar refractivity (Wildman–Crippen MR) is 85.5 cm³/mol. The van der Waals surface area contributed by atoms with Crippen LogP contribution < -0.4 is 10.1 Å². The molecule has 21 heavy (non-hydrogen) atoms. The maximum atomic E-state index is 5.97. The molecule has 2 atom stereocenters. The lowest BCUT2D eigenvalue weighted by Crippen LogP contribution is -2.36. The van der Waals surface area contributed by atoms with Gasteiger partial charge in [-0.2, -0.15) is 0 Å². The molecule has 1 saturated carbocycles. The number of aryl methyl sites for hydroxylation is 1. The third kappa shape index (κ3) is 2.79. The molecule has 3 heteroatoms. The van der Waals surface area contributed by atoms with Crippen LogP contribution >= 0.6 is 0 Å². The Kier molecular flexibility index (Phi) is 3.68. The van der Waals surface area contributed by atoms with Gasteiger partial charge in [-0.1, -0.05) is 31.2 Å². The first kappa shape index (κ1) is 14.1. The van der Waals surface area contributed by atoms with Crippen LogP contribution in [0.1, 0.15) is 18.9 Å². The second-order valence-corrected chi connectivity index (χ2v) is 6.02. The maximum Gasteiger partial charge on any atom is 0.138 e. The molecular formula is C18H22N2O. The second kappa shape index (κ2) is 5.49. The Hall–Kier alpha value is -1.87. The van der Waals surface area contributed by atoms with Crippen LogP contribution in [-0.4, -0.2) is 24.2 Å². The van der Waals surface area contributed by atoms with Crippen molar-refractivity contribution in [3.63, 3.8) is 0 Å². The van der Waals surface area contributed by atoms with E-state index in [9.17, 15) is 0 Å². The SMILES string of the molecule is CNC1(COc2cncc(-c3ccccc3C)c2)CC1C. The summed E-state index contributed by atoms with van der Waals surface area (Å²) in [6, 6.07) is 10.4. The van der Waals surface area contributed by atoms with Gasteiger partial charge in [0.25, 0.3) is 0 Å². The second-order valence-electron chi connectivity index (χ2n) is 6.02. The van der Waals surface area contributed by atoms with E-state index in [4.69, 9.17) is 4.74 Å². The van der Waals surface area contributed by atoms with Gasteiger partial charge in [0.05, 0.1) is 11.7 Å². The summed E-state index contributed by atoms with van der Waals surface area (Å²) < 4.78 is 5.97. The molecule has 1 heterocycles. The molecule has 1 aliphatic carbocycles. The minimum Gasteiger partial charge on any atom is -0.490 e. The lowest BCUT2D eigenvalue weighted by Gasteiger charge is -2.17. The number of pyridine rings is 1. The molecule has 110 valence electrons. The van der Waals surface area contributed by atoms with E-state index in [2.05, 4.69) is 54.5 Å². The standard InChI is InChI=1S/C18H22N2O/c1-13-6-4-5-7-17(13)15-8-16(11-20-10-15)21-12-18(19-3)9-14(18)2/h4-8,10-11,14,19H,9,12H2,1-3H3. The van der Waals surface area contributed by atoms with E-state index < -0.39 is 0 Å². The van der Waals surface area contributed by atoms with Crippen molar-refractivity contribution in [2.24, 2.45) is 5.92 Å². The van der Waals surface area contributed by atoms with Crippen molar-refractivity contribution in [2.45, 2.75) is 25.8 Å². The van der Waals surface area contributed by atoms with Crippen molar-refractivity contribution in [1.82, 2.24) is 10.3 Å². The fourth-order valence-electron chi connectivity index (χ4n) is 2.86. The van der Waals surface area contributed by atoms with Gasteiger partial charge in [-0.3, -0.25) is 4.98 Å². The summed E-state index contributed by atoms with van der Waals surface area (Å²) >= 11 is 0. The summed E-state index contributed by atoms with van der Waals surface area (Å²) in [5.41, 5.74) is 3.71. The molecule has 0 amide bonds. The molecule has 1 aromatic heterocycles. The lowest BCUT2D eigenvalue weighted by molar-refractivity contribution is 0.249. The topological polar surface area (TPSA) is 34.1 Å². The minimum absolute atomic E-state index is 0.151. The van der Waals surface area contributed by atoms with Crippen LogP contribution in [0.4, 0.5) is 0 Å². The lowest BCUT2D eigenvalue weighted by atomic mass is 10.0. The van der Waals surface area contributed by atoms with Crippen molar-refractivity contribution in [1.29, 1.82) is 0 Å². The molecule has 1 N–H and O–H groups in total. The predicted octanol–water partition coefficient (Wildman–Crippen LogP) is 3.43. The molecule has 0 saturated heterocycles. The molecule has 0 bridgehead atoms. The third-order valence-corrected chi connectivity index (χ3v) is 4.62. The van der Waals surface area contributed by atoms with Crippen molar-refractivity contribution in [2.75, 3.05) is 13.7 Å². The first-order valence-corrected chi connectivity index (χ1v) is 7.47. The molecule has 3 nitrogen and oxygen atoms in total. The quantitative estimate of drug-likeness (QED) is 0.912. The molecule has 0 spiro atoms.